The number of methoxy groups -OCH3 is 1. The van der Waals surface area contributed by atoms with Gasteiger partial charge in [0.15, 0.2) is 15.5 Å². The van der Waals surface area contributed by atoms with E-state index in [-0.39, 0.29) is 10.9 Å². The van der Waals surface area contributed by atoms with Gasteiger partial charge in [-0.3, -0.25) is 0 Å². The molecule has 4 rings (SSSR count). The zero-order valence-corrected chi connectivity index (χ0v) is 21.8. The lowest BCUT2D eigenvalue weighted by Gasteiger charge is -2.33. The Morgan fingerprint density at radius 3 is 2.78 bits per heavy atom. The third-order valence-corrected chi connectivity index (χ3v) is 7.45. The Hall–Kier alpha value is -3.29. The molecular weight excluding hydrogens is 481 g/mol. The van der Waals surface area contributed by atoms with Crippen molar-refractivity contribution in [1.82, 2.24) is 14.3 Å². The van der Waals surface area contributed by atoms with Crippen LogP contribution in [0.25, 0.3) is 5.65 Å². The highest BCUT2D eigenvalue weighted by molar-refractivity contribution is 7.90. The van der Waals surface area contributed by atoms with Crippen molar-refractivity contribution in [2.75, 3.05) is 50.7 Å². The van der Waals surface area contributed by atoms with Gasteiger partial charge in [0.05, 0.1) is 41.7 Å². The van der Waals surface area contributed by atoms with Crippen molar-refractivity contribution in [2.45, 2.75) is 36.9 Å². The van der Waals surface area contributed by atoms with E-state index in [9.17, 15) is 12.8 Å². The zero-order chi connectivity index (χ0) is 25.9. The van der Waals surface area contributed by atoms with Crippen LogP contribution in [-0.4, -0.2) is 75.0 Å². The maximum absolute atomic E-state index is 14.6. The molecule has 0 amide bonds. The van der Waals surface area contributed by atoms with E-state index in [1.54, 1.807) is 6.07 Å². The number of likely N-dealkylation sites (tertiary alicyclic amines) is 1. The van der Waals surface area contributed by atoms with Gasteiger partial charge in [-0.05, 0) is 50.1 Å². The molecule has 192 valence electrons. The van der Waals surface area contributed by atoms with Crippen molar-refractivity contribution in [1.29, 1.82) is 0 Å². The van der Waals surface area contributed by atoms with E-state index in [2.05, 4.69) is 29.4 Å². The summed E-state index contributed by atoms with van der Waals surface area (Å²) in [7, 11) is 0.101. The summed E-state index contributed by atoms with van der Waals surface area (Å²) in [6.07, 6.45) is 3.63. The quantitative estimate of drug-likeness (QED) is 0.469. The van der Waals surface area contributed by atoms with Crippen LogP contribution in [0.15, 0.2) is 41.4 Å². The highest BCUT2D eigenvalue weighted by Gasteiger charge is 2.28. The van der Waals surface area contributed by atoms with Gasteiger partial charge in [0, 0.05) is 31.6 Å². The molecule has 2 N–H and O–H groups in total. The molecule has 10 heteroatoms. The topological polar surface area (TPSA) is 88.0 Å². The summed E-state index contributed by atoms with van der Waals surface area (Å²) < 4.78 is 45.6. The number of benzene rings is 1. The van der Waals surface area contributed by atoms with Crippen molar-refractivity contribution >= 4 is 26.9 Å². The van der Waals surface area contributed by atoms with Gasteiger partial charge in [0.2, 0.25) is 0 Å². The number of pyridine rings is 1. The minimum Gasteiger partial charge on any atom is -0.495 e. The molecule has 0 unspecified atom stereocenters. The molecule has 2 atom stereocenters. The number of rotatable bonds is 7. The van der Waals surface area contributed by atoms with Gasteiger partial charge < -0.3 is 24.7 Å². The minimum atomic E-state index is -3.33. The van der Waals surface area contributed by atoms with Crippen molar-refractivity contribution in [3.63, 3.8) is 0 Å². The van der Waals surface area contributed by atoms with Gasteiger partial charge in [-0.25, -0.2) is 17.8 Å². The van der Waals surface area contributed by atoms with Crippen molar-refractivity contribution in [3.8, 4) is 17.6 Å². The molecular formula is C26H32FN5O3S. The second-order valence-corrected chi connectivity index (χ2v) is 11.0. The summed E-state index contributed by atoms with van der Waals surface area (Å²) in [6.45, 7) is 3.63. The van der Waals surface area contributed by atoms with Crippen LogP contribution in [-0.2, 0) is 16.3 Å². The van der Waals surface area contributed by atoms with Crippen LogP contribution < -0.4 is 15.4 Å². The summed E-state index contributed by atoms with van der Waals surface area (Å²) >= 11 is 0. The number of halogens is 1. The van der Waals surface area contributed by atoms with Crippen LogP contribution in [0.3, 0.4) is 0 Å². The average molecular weight is 514 g/mol. The Morgan fingerprint density at radius 1 is 1.28 bits per heavy atom. The number of aryl methyl sites for hydroxylation is 1. The highest BCUT2D eigenvalue weighted by Crippen LogP contribution is 2.28. The average Bonchev–Trinajstić information content (AvgIpc) is 3.21. The van der Waals surface area contributed by atoms with Crippen LogP contribution in [0, 0.1) is 11.8 Å². The first-order chi connectivity index (χ1) is 17.2. The number of aromatic nitrogens is 2. The maximum Gasteiger partial charge on any atom is 0.175 e. The molecule has 1 aromatic carbocycles. The molecule has 8 nitrogen and oxygen atoms in total. The van der Waals surface area contributed by atoms with Gasteiger partial charge in [-0.1, -0.05) is 12.8 Å². The second-order valence-electron chi connectivity index (χ2n) is 8.98. The number of ether oxygens (including phenoxy) is 1. The lowest BCUT2D eigenvalue weighted by molar-refractivity contribution is 0.149. The van der Waals surface area contributed by atoms with Crippen LogP contribution in [0.4, 0.5) is 15.8 Å². The first kappa shape index (κ1) is 25.8. The molecule has 36 heavy (non-hydrogen) atoms. The van der Waals surface area contributed by atoms with E-state index in [0.29, 0.717) is 30.2 Å². The largest absolute Gasteiger partial charge is 0.495 e. The molecule has 1 fully saturated rings. The lowest BCUT2D eigenvalue weighted by Crippen LogP contribution is -2.46. The smallest absolute Gasteiger partial charge is 0.175 e. The molecule has 0 saturated carbocycles. The van der Waals surface area contributed by atoms with E-state index >= 15 is 0 Å². The Morgan fingerprint density at radius 2 is 2.08 bits per heavy atom. The van der Waals surface area contributed by atoms with Crippen molar-refractivity contribution in [3.05, 3.63) is 47.9 Å². The fourth-order valence-corrected chi connectivity index (χ4v) is 5.04. The van der Waals surface area contributed by atoms with E-state index in [0.717, 1.165) is 42.7 Å². The normalized spacial score (nSPS) is 18.5. The van der Waals surface area contributed by atoms with Gasteiger partial charge in [-0.15, -0.1) is 0 Å². The van der Waals surface area contributed by atoms with Crippen LogP contribution in [0.5, 0.6) is 5.75 Å². The third kappa shape index (κ3) is 5.58. The second kappa shape index (κ2) is 10.8. The molecule has 1 saturated heterocycles. The molecule has 1 aliphatic heterocycles. The summed E-state index contributed by atoms with van der Waals surface area (Å²) in [6, 6.07) is 8.30. The predicted octanol–water partition coefficient (Wildman–Crippen LogP) is 3.23. The van der Waals surface area contributed by atoms with Crippen LogP contribution >= 0.6 is 0 Å². The molecule has 0 spiro atoms. The Bertz CT molecular complexity index is 1410. The molecule has 3 aromatic rings. The van der Waals surface area contributed by atoms with Gasteiger partial charge in [-0.2, -0.15) is 0 Å². The number of anilines is 2. The number of alkyl halides is 1. The molecule has 0 bridgehead atoms. The standard InChI is InChI=1S/C26H32FN5O3S/c1-5-24-21(8-6-13-28-22-11-10-18(36(4,33)34)16-25(22)35-3)30-26-23(9-7-14-32(24)26)29-20-12-15-31(2)17-19(20)27/h7,9-11,14,16,19-20,28-29H,5,12-13,15,17H2,1-4H3/t19-,20+/m0/s1. The zero-order valence-electron chi connectivity index (χ0n) is 21.0. The van der Waals surface area contributed by atoms with E-state index in [4.69, 9.17) is 9.72 Å². The molecule has 3 heterocycles. The maximum atomic E-state index is 14.6. The number of piperidine rings is 1. The van der Waals surface area contributed by atoms with Gasteiger partial charge in [0.25, 0.3) is 0 Å². The third-order valence-electron chi connectivity index (χ3n) is 6.34. The molecule has 1 aliphatic rings. The fourth-order valence-electron chi connectivity index (χ4n) is 4.40. The van der Waals surface area contributed by atoms with Crippen LogP contribution in [0.2, 0.25) is 0 Å². The van der Waals surface area contributed by atoms with E-state index < -0.39 is 16.0 Å². The van der Waals surface area contributed by atoms with E-state index in [1.165, 1.54) is 19.2 Å². The summed E-state index contributed by atoms with van der Waals surface area (Å²) in [5.74, 6) is 6.68. The number of hydrogen-bond acceptors (Lipinski definition) is 7. The van der Waals surface area contributed by atoms with Crippen molar-refractivity contribution < 1.29 is 17.5 Å². The Balaban J connectivity index is 1.53. The first-order valence-electron chi connectivity index (χ1n) is 11.9. The van der Waals surface area contributed by atoms with Gasteiger partial charge in [0.1, 0.15) is 17.6 Å². The fraction of sp³-hybridized carbons (Fsp3) is 0.423. The van der Waals surface area contributed by atoms with E-state index in [1.807, 2.05) is 34.7 Å². The Kier molecular flexibility index (Phi) is 7.71. The number of fused-ring (bicyclic) bond motifs is 1. The Labute approximate surface area is 211 Å². The monoisotopic (exact) mass is 513 g/mol. The minimum absolute atomic E-state index is 0.192. The molecule has 0 aliphatic carbocycles. The first-order valence-corrected chi connectivity index (χ1v) is 13.8. The SMILES string of the molecule is CCc1c(C#CCNc2ccc(S(C)(=O)=O)cc2OC)nc2c(N[C@@H]3CCN(C)C[C@@H]3F)cccn12. The predicted molar refractivity (Wildman–Crippen MR) is 140 cm³/mol. The van der Waals surface area contributed by atoms with Crippen molar-refractivity contribution in [2.24, 2.45) is 0 Å². The summed E-state index contributed by atoms with van der Waals surface area (Å²) in [5, 5.41) is 6.55. The molecule has 0 radical (unpaired) electrons. The summed E-state index contributed by atoms with van der Waals surface area (Å²) in [4.78, 5) is 6.98. The number of imidazole rings is 1. The molecule has 2 aromatic heterocycles. The lowest BCUT2D eigenvalue weighted by atomic mass is 10.0. The number of nitrogens with zero attached hydrogens (tertiary/aromatic N) is 3. The number of sulfone groups is 1. The number of nitrogens with one attached hydrogen (secondary N) is 2. The van der Waals surface area contributed by atoms with Crippen LogP contribution in [0.1, 0.15) is 24.7 Å². The number of hydrogen-bond donors (Lipinski definition) is 2. The highest BCUT2D eigenvalue weighted by atomic mass is 32.2. The van der Waals surface area contributed by atoms with Gasteiger partial charge >= 0.3 is 0 Å². The summed E-state index contributed by atoms with van der Waals surface area (Å²) in [5.41, 5.74) is 3.84.